The van der Waals surface area contributed by atoms with Crippen LogP contribution >= 0.6 is 0 Å². The molecule has 0 N–H and O–H groups in total. The number of hydrogen-bond acceptors (Lipinski definition) is 2. The number of methoxy groups -OCH3 is 1. The monoisotopic (exact) mass is 165 g/mol. The van der Waals surface area contributed by atoms with Gasteiger partial charge < -0.3 is 4.74 Å². The summed E-state index contributed by atoms with van der Waals surface area (Å²) in [6.45, 7) is 3.62. The molecule has 3 nitrogen and oxygen atoms in total. The average molecular weight is 165 g/mol. The van der Waals surface area contributed by atoms with Crippen LogP contribution in [0.4, 0.5) is 4.79 Å². The van der Waals surface area contributed by atoms with Gasteiger partial charge in [0, 0.05) is 6.20 Å². The first-order valence-corrected chi connectivity index (χ1v) is 3.63. The Labute approximate surface area is 71.6 Å². The molecule has 0 saturated heterocycles. The van der Waals surface area contributed by atoms with E-state index >= 15 is 0 Å². The zero-order chi connectivity index (χ0) is 8.97. The van der Waals surface area contributed by atoms with Crippen LogP contribution in [0.2, 0.25) is 0 Å². The van der Waals surface area contributed by atoms with Crippen molar-refractivity contribution in [3.05, 3.63) is 37.1 Å². The van der Waals surface area contributed by atoms with Crippen molar-refractivity contribution >= 4 is 6.09 Å². The Kier molecular flexibility index (Phi) is 2.69. The zero-order valence-corrected chi connectivity index (χ0v) is 6.93. The fourth-order valence-electron chi connectivity index (χ4n) is 0.993. The topological polar surface area (TPSA) is 29.5 Å². The highest BCUT2D eigenvalue weighted by Gasteiger charge is 2.18. The molecule has 64 valence electrons. The van der Waals surface area contributed by atoms with E-state index in [-0.39, 0.29) is 12.1 Å². The molecule has 0 aromatic carbocycles. The molecule has 12 heavy (non-hydrogen) atoms. The van der Waals surface area contributed by atoms with Crippen LogP contribution < -0.4 is 0 Å². The normalized spacial score (nSPS) is 20.8. The van der Waals surface area contributed by atoms with E-state index in [9.17, 15) is 4.79 Å². The van der Waals surface area contributed by atoms with Crippen molar-refractivity contribution in [2.75, 3.05) is 7.11 Å². The maximum atomic E-state index is 11.1. The van der Waals surface area contributed by atoms with Gasteiger partial charge in [-0.1, -0.05) is 18.2 Å². The highest BCUT2D eigenvalue weighted by Crippen LogP contribution is 2.10. The molecule has 1 atom stereocenters. The van der Waals surface area contributed by atoms with Crippen LogP contribution in [-0.4, -0.2) is 24.1 Å². The summed E-state index contributed by atoms with van der Waals surface area (Å²) in [6.07, 6.45) is 8.47. The molecule has 0 radical (unpaired) electrons. The van der Waals surface area contributed by atoms with Crippen LogP contribution in [0.1, 0.15) is 0 Å². The molecule has 1 rings (SSSR count). The van der Waals surface area contributed by atoms with Gasteiger partial charge in [-0.15, -0.1) is 6.58 Å². The van der Waals surface area contributed by atoms with Crippen LogP contribution in [0.15, 0.2) is 37.1 Å². The Hall–Kier alpha value is -1.51. The molecule has 1 amide bonds. The fourth-order valence-corrected chi connectivity index (χ4v) is 0.993. The number of ether oxygens (including phenoxy) is 1. The minimum atomic E-state index is -0.375. The van der Waals surface area contributed by atoms with Crippen molar-refractivity contribution in [1.82, 2.24) is 4.90 Å². The smallest absolute Gasteiger partial charge is 0.414 e. The van der Waals surface area contributed by atoms with Gasteiger partial charge in [-0.05, 0) is 6.08 Å². The summed E-state index contributed by atoms with van der Waals surface area (Å²) in [7, 11) is 1.36. The molecule has 1 heterocycles. The number of carbonyl (C=O) groups is 1. The first-order chi connectivity index (χ1) is 5.79. The summed E-state index contributed by atoms with van der Waals surface area (Å²) < 4.78 is 4.58. The standard InChI is InChI=1S/C9H11NO2/c1-3-8-6-4-5-7-10(8)9(11)12-2/h3-8H,1H2,2H3/t8-/m1/s1. The first-order valence-electron chi connectivity index (χ1n) is 3.63. The Morgan fingerprint density at radius 1 is 1.67 bits per heavy atom. The number of hydrogen-bond donors (Lipinski definition) is 0. The quantitative estimate of drug-likeness (QED) is 0.553. The Morgan fingerprint density at radius 3 is 3.00 bits per heavy atom. The summed E-state index contributed by atoms with van der Waals surface area (Å²) in [5.41, 5.74) is 0. The minimum absolute atomic E-state index is 0.0950. The molecular formula is C9H11NO2. The van der Waals surface area contributed by atoms with Gasteiger partial charge in [0.2, 0.25) is 0 Å². The third-order valence-corrected chi connectivity index (χ3v) is 1.61. The van der Waals surface area contributed by atoms with Crippen LogP contribution in [0.5, 0.6) is 0 Å². The first kappa shape index (κ1) is 8.59. The summed E-state index contributed by atoms with van der Waals surface area (Å²) >= 11 is 0. The Balaban J connectivity index is 2.75. The summed E-state index contributed by atoms with van der Waals surface area (Å²) in [4.78, 5) is 12.6. The summed E-state index contributed by atoms with van der Waals surface area (Å²) in [5, 5.41) is 0. The molecule has 0 aliphatic carbocycles. The predicted octanol–water partition coefficient (Wildman–Crippen LogP) is 1.69. The predicted molar refractivity (Wildman–Crippen MR) is 46.5 cm³/mol. The molecule has 0 saturated carbocycles. The molecule has 0 spiro atoms. The largest absolute Gasteiger partial charge is 0.452 e. The van der Waals surface area contributed by atoms with Crippen molar-refractivity contribution in [2.24, 2.45) is 0 Å². The lowest BCUT2D eigenvalue weighted by Crippen LogP contribution is -2.34. The van der Waals surface area contributed by atoms with Crippen molar-refractivity contribution in [3.63, 3.8) is 0 Å². The second-order valence-corrected chi connectivity index (χ2v) is 2.33. The molecule has 0 unspecified atom stereocenters. The van der Waals surface area contributed by atoms with Crippen molar-refractivity contribution in [3.8, 4) is 0 Å². The molecule has 0 aromatic rings. The van der Waals surface area contributed by atoms with E-state index in [1.807, 2.05) is 12.2 Å². The van der Waals surface area contributed by atoms with Crippen LogP contribution in [-0.2, 0) is 4.74 Å². The van der Waals surface area contributed by atoms with Gasteiger partial charge in [0.15, 0.2) is 0 Å². The van der Waals surface area contributed by atoms with E-state index in [2.05, 4.69) is 11.3 Å². The van der Waals surface area contributed by atoms with Crippen molar-refractivity contribution in [1.29, 1.82) is 0 Å². The average Bonchev–Trinajstić information content (AvgIpc) is 2.16. The van der Waals surface area contributed by atoms with E-state index in [0.717, 1.165) is 0 Å². The van der Waals surface area contributed by atoms with Gasteiger partial charge >= 0.3 is 6.09 Å². The van der Waals surface area contributed by atoms with Crippen molar-refractivity contribution in [2.45, 2.75) is 6.04 Å². The minimum Gasteiger partial charge on any atom is -0.452 e. The molecular weight excluding hydrogens is 154 g/mol. The maximum Gasteiger partial charge on any atom is 0.414 e. The third-order valence-electron chi connectivity index (χ3n) is 1.61. The number of allylic oxidation sites excluding steroid dienone is 2. The van der Waals surface area contributed by atoms with Crippen molar-refractivity contribution < 1.29 is 9.53 Å². The lowest BCUT2D eigenvalue weighted by molar-refractivity contribution is 0.137. The Bertz CT molecular complexity index is 243. The molecule has 0 fully saturated rings. The number of amides is 1. The SMILES string of the molecule is C=C[C@@H]1C=CC=CN1C(=O)OC. The number of nitrogens with zero attached hydrogens (tertiary/aromatic N) is 1. The van der Waals surface area contributed by atoms with Crippen LogP contribution in [0.25, 0.3) is 0 Å². The highest BCUT2D eigenvalue weighted by atomic mass is 16.5. The molecule has 3 heteroatoms. The van der Waals surface area contributed by atoms with Crippen LogP contribution in [0.3, 0.4) is 0 Å². The van der Waals surface area contributed by atoms with Gasteiger partial charge in [-0.25, -0.2) is 4.79 Å². The summed E-state index contributed by atoms with van der Waals surface area (Å²) in [6, 6.07) is -0.0950. The van der Waals surface area contributed by atoms with Gasteiger partial charge in [-0.2, -0.15) is 0 Å². The lowest BCUT2D eigenvalue weighted by atomic mass is 10.2. The van der Waals surface area contributed by atoms with Crippen LogP contribution in [0, 0.1) is 0 Å². The Morgan fingerprint density at radius 2 is 2.42 bits per heavy atom. The van der Waals surface area contributed by atoms with E-state index in [1.54, 1.807) is 18.4 Å². The number of rotatable bonds is 1. The molecule has 1 aliphatic rings. The fraction of sp³-hybridized carbons (Fsp3) is 0.222. The molecule has 0 aromatic heterocycles. The number of carbonyl (C=O) groups excluding carboxylic acids is 1. The second kappa shape index (κ2) is 3.76. The van der Waals surface area contributed by atoms with Gasteiger partial charge in [-0.3, -0.25) is 4.90 Å². The second-order valence-electron chi connectivity index (χ2n) is 2.33. The van der Waals surface area contributed by atoms with E-state index in [1.165, 1.54) is 12.0 Å². The maximum absolute atomic E-state index is 11.1. The van der Waals surface area contributed by atoms with Gasteiger partial charge in [0.1, 0.15) is 0 Å². The van der Waals surface area contributed by atoms with E-state index in [4.69, 9.17) is 0 Å². The lowest BCUT2D eigenvalue weighted by Gasteiger charge is -2.24. The zero-order valence-electron chi connectivity index (χ0n) is 6.93. The molecule has 1 aliphatic heterocycles. The van der Waals surface area contributed by atoms with E-state index < -0.39 is 0 Å². The highest BCUT2D eigenvalue weighted by molar-refractivity contribution is 5.70. The van der Waals surface area contributed by atoms with Gasteiger partial charge in [0.05, 0.1) is 13.2 Å². The van der Waals surface area contributed by atoms with Gasteiger partial charge in [0.25, 0.3) is 0 Å². The van der Waals surface area contributed by atoms with E-state index in [0.29, 0.717) is 0 Å². The third kappa shape index (κ3) is 1.56. The summed E-state index contributed by atoms with van der Waals surface area (Å²) in [5.74, 6) is 0. The molecule has 0 bridgehead atoms.